The molecule has 0 amide bonds. The van der Waals surface area contributed by atoms with Crippen LogP contribution in [0.4, 0.5) is 0 Å². The molecule has 0 radical (unpaired) electrons. The van der Waals surface area contributed by atoms with Gasteiger partial charge < -0.3 is 9.53 Å². The molecule has 0 saturated carbocycles. The SMILES string of the molecule is COc1cc(Cl)ccc1S(=O)(=O)N1CCC(C=O)CC1. The third-order valence-electron chi connectivity index (χ3n) is 3.43. The predicted molar refractivity (Wildman–Crippen MR) is 75.6 cm³/mol. The van der Waals surface area contributed by atoms with Crippen LogP contribution in [0.3, 0.4) is 0 Å². The lowest BCUT2D eigenvalue weighted by atomic mass is 10.0. The van der Waals surface area contributed by atoms with E-state index in [2.05, 4.69) is 0 Å². The van der Waals surface area contributed by atoms with Gasteiger partial charge >= 0.3 is 0 Å². The highest BCUT2D eigenvalue weighted by molar-refractivity contribution is 7.89. The molecule has 0 bridgehead atoms. The van der Waals surface area contributed by atoms with Crippen molar-refractivity contribution in [2.75, 3.05) is 20.2 Å². The monoisotopic (exact) mass is 317 g/mol. The molecule has 1 saturated heterocycles. The third-order valence-corrected chi connectivity index (χ3v) is 5.61. The van der Waals surface area contributed by atoms with E-state index < -0.39 is 10.0 Å². The maximum absolute atomic E-state index is 12.6. The van der Waals surface area contributed by atoms with Gasteiger partial charge in [0, 0.05) is 30.1 Å². The number of halogens is 1. The van der Waals surface area contributed by atoms with Crippen LogP contribution in [-0.4, -0.2) is 39.2 Å². The Morgan fingerprint density at radius 3 is 2.55 bits per heavy atom. The zero-order chi connectivity index (χ0) is 14.8. The molecular weight excluding hydrogens is 302 g/mol. The highest BCUT2D eigenvalue weighted by atomic mass is 35.5. The first-order valence-electron chi connectivity index (χ1n) is 6.28. The zero-order valence-electron chi connectivity index (χ0n) is 11.1. The summed E-state index contributed by atoms with van der Waals surface area (Å²) in [7, 11) is -2.21. The van der Waals surface area contributed by atoms with Gasteiger partial charge in [-0.15, -0.1) is 0 Å². The molecule has 0 atom stereocenters. The van der Waals surface area contributed by atoms with Gasteiger partial charge in [0.2, 0.25) is 10.0 Å². The van der Waals surface area contributed by atoms with Crippen LogP contribution in [-0.2, 0) is 14.8 Å². The Morgan fingerprint density at radius 1 is 1.35 bits per heavy atom. The zero-order valence-corrected chi connectivity index (χ0v) is 12.7. The van der Waals surface area contributed by atoms with Gasteiger partial charge in [0.1, 0.15) is 16.9 Å². The maximum atomic E-state index is 12.6. The average molecular weight is 318 g/mol. The van der Waals surface area contributed by atoms with Crippen molar-refractivity contribution >= 4 is 27.9 Å². The van der Waals surface area contributed by atoms with E-state index in [0.29, 0.717) is 31.0 Å². The normalized spacial score (nSPS) is 17.9. The Hall–Kier alpha value is -1.11. The lowest BCUT2D eigenvalue weighted by Gasteiger charge is -2.29. The molecule has 2 rings (SSSR count). The first-order chi connectivity index (χ1) is 9.48. The fraction of sp³-hybridized carbons (Fsp3) is 0.462. The third kappa shape index (κ3) is 2.97. The van der Waals surface area contributed by atoms with E-state index >= 15 is 0 Å². The number of benzene rings is 1. The Morgan fingerprint density at radius 2 is 2.00 bits per heavy atom. The van der Waals surface area contributed by atoms with Gasteiger partial charge in [-0.05, 0) is 25.0 Å². The second-order valence-corrected chi connectivity index (χ2v) is 7.02. The maximum Gasteiger partial charge on any atom is 0.246 e. The van der Waals surface area contributed by atoms with Gasteiger partial charge in [0.15, 0.2) is 0 Å². The number of rotatable bonds is 4. The van der Waals surface area contributed by atoms with Crippen LogP contribution in [0.2, 0.25) is 5.02 Å². The van der Waals surface area contributed by atoms with E-state index in [9.17, 15) is 13.2 Å². The van der Waals surface area contributed by atoms with Crippen LogP contribution in [0.25, 0.3) is 0 Å². The molecule has 20 heavy (non-hydrogen) atoms. The minimum absolute atomic E-state index is 0.0476. The molecular formula is C13H16ClNO4S. The number of nitrogens with zero attached hydrogens (tertiary/aromatic N) is 1. The predicted octanol–water partition coefficient (Wildman–Crippen LogP) is 1.95. The van der Waals surface area contributed by atoms with Crippen molar-refractivity contribution < 1.29 is 17.9 Å². The molecule has 0 aliphatic carbocycles. The number of ether oxygens (including phenoxy) is 1. The largest absolute Gasteiger partial charge is 0.495 e. The van der Waals surface area contributed by atoms with Crippen molar-refractivity contribution in [1.29, 1.82) is 0 Å². The molecule has 110 valence electrons. The molecule has 5 nitrogen and oxygen atoms in total. The molecule has 7 heteroatoms. The van der Waals surface area contributed by atoms with Gasteiger partial charge in [0.25, 0.3) is 0 Å². The fourth-order valence-corrected chi connectivity index (χ4v) is 4.01. The van der Waals surface area contributed by atoms with E-state index in [0.717, 1.165) is 6.29 Å². The number of piperidine rings is 1. The van der Waals surface area contributed by atoms with Crippen LogP contribution in [0.15, 0.2) is 23.1 Å². The summed E-state index contributed by atoms with van der Waals surface area (Å²) in [6, 6.07) is 4.45. The summed E-state index contributed by atoms with van der Waals surface area (Å²) in [6.45, 7) is 0.690. The van der Waals surface area contributed by atoms with E-state index in [-0.39, 0.29) is 16.6 Å². The summed E-state index contributed by atoms with van der Waals surface area (Å²) in [6.07, 6.45) is 2.00. The van der Waals surface area contributed by atoms with Crippen LogP contribution in [0, 0.1) is 5.92 Å². The molecule has 0 spiro atoms. The Balaban J connectivity index is 2.29. The molecule has 1 heterocycles. The number of carbonyl (C=O) groups is 1. The second kappa shape index (κ2) is 6.11. The molecule has 1 aromatic carbocycles. The quantitative estimate of drug-likeness (QED) is 0.796. The first kappa shape index (κ1) is 15.3. The molecule has 0 aromatic heterocycles. The number of aldehydes is 1. The molecule has 1 aliphatic heterocycles. The fourth-order valence-electron chi connectivity index (χ4n) is 2.25. The summed E-state index contributed by atoms with van der Waals surface area (Å²) in [5.74, 6) is 0.184. The minimum atomic E-state index is -3.62. The van der Waals surface area contributed by atoms with Gasteiger partial charge in [-0.2, -0.15) is 4.31 Å². The van der Waals surface area contributed by atoms with Crippen molar-refractivity contribution in [3.8, 4) is 5.75 Å². The van der Waals surface area contributed by atoms with E-state index in [4.69, 9.17) is 16.3 Å². The van der Waals surface area contributed by atoms with Gasteiger partial charge in [-0.25, -0.2) is 8.42 Å². The number of sulfonamides is 1. The molecule has 0 N–H and O–H groups in total. The molecule has 1 aliphatic rings. The summed E-state index contributed by atoms with van der Waals surface area (Å²) >= 11 is 5.84. The van der Waals surface area contributed by atoms with Crippen molar-refractivity contribution in [3.05, 3.63) is 23.2 Å². The number of hydrogen-bond acceptors (Lipinski definition) is 4. The van der Waals surface area contributed by atoms with E-state index in [1.807, 2.05) is 0 Å². The average Bonchev–Trinajstić information content (AvgIpc) is 2.46. The van der Waals surface area contributed by atoms with E-state index in [1.54, 1.807) is 0 Å². The molecule has 0 unspecified atom stereocenters. The summed E-state index contributed by atoms with van der Waals surface area (Å²) < 4.78 is 31.7. The highest BCUT2D eigenvalue weighted by Gasteiger charge is 2.31. The van der Waals surface area contributed by atoms with Gasteiger partial charge in [-0.3, -0.25) is 0 Å². The Bertz CT molecular complexity index is 594. The van der Waals surface area contributed by atoms with Crippen LogP contribution < -0.4 is 4.74 Å². The van der Waals surface area contributed by atoms with Gasteiger partial charge in [-0.1, -0.05) is 11.6 Å². The first-order valence-corrected chi connectivity index (χ1v) is 8.10. The topological polar surface area (TPSA) is 63.7 Å². The lowest BCUT2D eigenvalue weighted by molar-refractivity contribution is -0.112. The Kier molecular flexibility index (Phi) is 4.67. The highest BCUT2D eigenvalue weighted by Crippen LogP contribution is 2.31. The number of methoxy groups -OCH3 is 1. The van der Waals surface area contributed by atoms with Crippen LogP contribution >= 0.6 is 11.6 Å². The van der Waals surface area contributed by atoms with Crippen LogP contribution in [0.1, 0.15) is 12.8 Å². The summed E-state index contributed by atoms with van der Waals surface area (Å²) in [5, 5.41) is 0.417. The lowest BCUT2D eigenvalue weighted by Crippen LogP contribution is -2.38. The number of carbonyl (C=O) groups excluding carboxylic acids is 1. The molecule has 1 fully saturated rings. The summed E-state index contributed by atoms with van der Waals surface area (Å²) in [5.41, 5.74) is 0. The number of hydrogen-bond donors (Lipinski definition) is 0. The van der Waals surface area contributed by atoms with Gasteiger partial charge in [0.05, 0.1) is 7.11 Å². The summed E-state index contributed by atoms with van der Waals surface area (Å²) in [4.78, 5) is 10.8. The Labute approximate surface area is 123 Å². The van der Waals surface area contributed by atoms with Crippen molar-refractivity contribution in [2.24, 2.45) is 5.92 Å². The molecule has 1 aromatic rings. The van der Waals surface area contributed by atoms with E-state index in [1.165, 1.54) is 29.6 Å². The van der Waals surface area contributed by atoms with Crippen LogP contribution in [0.5, 0.6) is 5.75 Å². The second-order valence-electron chi connectivity index (χ2n) is 4.67. The van der Waals surface area contributed by atoms with Crippen molar-refractivity contribution in [1.82, 2.24) is 4.31 Å². The minimum Gasteiger partial charge on any atom is -0.495 e. The van der Waals surface area contributed by atoms with Crippen molar-refractivity contribution in [3.63, 3.8) is 0 Å². The smallest absolute Gasteiger partial charge is 0.246 e. The van der Waals surface area contributed by atoms with Crippen molar-refractivity contribution in [2.45, 2.75) is 17.7 Å². The standard InChI is InChI=1S/C13H16ClNO4S/c1-19-12-8-11(14)2-3-13(12)20(17,18)15-6-4-10(9-16)5-7-15/h2-3,8-10H,4-7H2,1H3.